The van der Waals surface area contributed by atoms with Crippen molar-refractivity contribution in [3.8, 4) is 5.75 Å². The van der Waals surface area contributed by atoms with Crippen LogP contribution in [0.3, 0.4) is 0 Å². The molecule has 1 aliphatic heterocycles. The SMILES string of the molecule is CCOc1ccc(/C=C/C(=O)N(CC)C2CCNC2)cc1. The molecule has 2 rings (SSSR count). The summed E-state index contributed by atoms with van der Waals surface area (Å²) in [5.41, 5.74) is 1.01. The molecular formula is C17H24N2O2. The van der Waals surface area contributed by atoms with Crippen LogP contribution in [0.2, 0.25) is 0 Å². The van der Waals surface area contributed by atoms with Gasteiger partial charge < -0.3 is 15.0 Å². The van der Waals surface area contributed by atoms with Gasteiger partial charge in [-0.1, -0.05) is 12.1 Å². The van der Waals surface area contributed by atoms with Crippen LogP contribution in [0.5, 0.6) is 5.75 Å². The van der Waals surface area contributed by atoms with Crippen LogP contribution in [0.4, 0.5) is 0 Å². The minimum atomic E-state index is 0.0834. The number of ether oxygens (including phenoxy) is 1. The van der Waals surface area contributed by atoms with E-state index in [0.29, 0.717) is 12.6 Å². The molecule has 0 aromatic heterocycles. The molecule has 0 spiro atoms. The van der Waals surface area contributed by atoms with E-state index in [9.17, 15) is 4.79 Å². The van der Waals surface area contributed by atoms with Crippen molar-refractivity contribution >= 4 is 12.0 Å². The first-order chi connectivity index (χ1) is 10.2. The summed E-state index contributed by atoms with van der Waals surface area (Å²) < 4.78 is 5.40. The minimum Gasteiger partial charge on any atom is -0.494 e. The fourth-order valence-corrected chi connectivity index (χ4v) is 2.60. The number of carbonyl (C=O) groups excluding carboxylic acids is 1. The zero-order chi connectivity index (χ0) is 15.1. The largest absolute Gasteiger partial charge is 0.494 e. The normalized spacial score (nSPS) is 18.1. The molecule has 114 valence electrons. The monoisotopic (exact) mass is 288 g/mol. The maximum atomic E-state index is 12.3. The molecule has 4 nitrogen and oxygen atoms in total. The van der Waals surface area contributed by atoms with E-state index in [1.54, 1.807) is 6.08 Å². The van der Waals surface area contributed by atoms with Crippen molar-refractivity contribution in [2.75, 3.05) is 26.2 Å². The summed E-state index contributed by atoms with van der Waals surface area (Å²) in [6, 6.07) is 8.09. The van der Waals surface area contributed by atoms with Crippen molar-refractivity contribution in [2.24, 2.45) is 0 Å². The molecule has 1 N–H and O–H groups in total. The predicted octanol–water partition coefficient (Wildman–Crippen LogP) is 2.31. The first kappa shape index (κ1) is 15.6. The average molecular weight is 288 g/mol. The Hall–Kier alpha value is -1.81. The van der Waals surface area contributed by atoms with E-state index in [0.717, 1.165) is 37.4 Å². The topological polar surface area (TPSA) is 41.6 Å². The van der Waals surface area contributed by atoms with Crippen molar-refractivity contribution in [3.63, 3.8) is 0 Å². The first-order valence-electron chi connectivity index (χ1n) is 7.66. The van der Waals surface area contributed by atoms with Gasteiger partial charge >= 0.3 is 0 Å². The Bertz CT molecular complexity index is 476. The highest BCUT2D eigenvalue weighted by molar-refractivity contribution is 5.92. The second-order valence-electron chi connectivity index (χ2n) is 5.11. The van der Waals surface area contributed by atoms with E-state index in [1.165, 1.54) is 0 Å². The van der Waals surface area contributed by atoms with E-state index >= 15 is 0 Å². The van der Waals surface area contributed by atoms with Crippen molar-refractivity contribution in [2.45, 2.75) is 26.3 Å². The third-order valence-corrected chi connectivity index (χ3v) is 3.71. The van der Waals surface area contributed by atoms with Crippen molar-refractivity contribution < 1.29 is 9.53 Å². The van der Waals surface area contributed by atoms with Gasteiger partial charge in [0.05, 0.1) is 6.61 Å². The lowest BCUT2D eigenvalue weighted by Crippen LogP contribution is -2.40. The Labute approximate surface area is 126 Å². The van der Waals surface area contributed by atoms with Gasteiger partial charge in [0.1, 0.15) is 5.75 Å². The Balaban J connectivity index is 1.96. The minimum absolute atomic E-state index is 0.0834. The molecular weight excluding hydrogens is 264 g/mol. The molecule has 1 aliphatic rings. The van der Waals surface area contributed by atoms with Crippen molar-refractivity contribution in [1.82, 2.24) is 10.2 Å². The van der Waals surface area contributed by atoms with Crippen molar-refractivity contribution in [3.05, 3.63) is 35.9 Å². The number of hydrogen-bond donors (Lipinski definition) is 1. The second-order valence-corrected chi connectivity index (χ2v) is 5.11. The molecule has 4 heteroatoms. The molecule has 1 aromatic carbocycles. The number of amides is 1. The lowest BCUT2D eigenvalue weighted by molar-refractivity contribution is -0.127. The third-order valence-electron chi connectivity index (χ3n) is 3.71. The Kier molecular flexibility index (Phi) is 5.81. The van der Waals surface area contributed by atoms with Gasteiger partial charge in [-0.05, 0) is 50.6 Å². The predicted molar refractivity (Wildman–Crippen MR) is 85.3 cm³/mol. The highest BCUT2D eigenvalue weighted by atomic mass is 16.5. The zero-order valence-corrected chi connectivity index (χ0v) is 12.8. The maximum absolute atomic E-state index is 12.3. The molecule has 0 radical (unpaired) electrons. The van der Waals surface area contributed by atoms with E-state index in [1.807, 2.05) is 49.1 Å². The van der Waals surface area contributed by atoms with E-state index in [2.05, 4.69) is 5.32 Å². The van der Waals surface area contributed by atoms with Crippen LogP contribution < -0.4 is 10.1 Å². The summed E-state index contributed by atoms with van der Waals surface area (Å²) in [5, 5.41) is 3.30. The van der Waals surface area contributed by atoms with E-state index in [-0.39, 0.29) is 5.91 Å². The van der Waals surface area contributed by atoms with Crippen LogP contribution in [0, 0.1) is 0 Å². The van der Waals surface area contributed by atoms with Gasteiger partial charge in [-0.3, -0.25) is 4.79 Å². The first-order valence-corrected chi connectivity index (χ1v) is 7.66. The molecule has 1 saturated heterocycles. The molecule has 1 heterocycles. The van der Waals surface area contributed by atoms with Crippen LogP contribution in [0.15, 0.2) is 30.3 Å². The Morgan fingerprint density at radius 3 is 2.71 bits per heavy atom. The summed E-state index contributed by atoms with van der Waals surface area (Å²) in [6.45, 7) is 7.30. The molecule has 1 aromatic rings. The number of hydrogen-bond acceptors (Lipinski definition) is 3. The number of rotatable bonds is 6. The molecule has 21 heavy (non-hydrogen) atoms. The van der Waals surface area contributed by atoms with Crippen LogP contribution >= 0.6 is 0 Å². The number of nitrogens with one attached hydrogen (secondary N) is 1. The van der Waals surface area contributed by atoms with Crippen LogP contribution in [-0.4, -0.2) is 43.1 Å². The summed E-state index contributed by atoms with van der Waals surface area (Å²) >= 11 is 0. The smallest absolute Gasteiger partial charge is 0.246 e. The number of carbonyl (C=O) groups is 1. The molecule has 0 saturated carbocycles. The lowest BCUT2D eigenvalue weighted by atomic mass is 10.2. The molecule has 0 bridgehead atoms. The van der Waals surface area contributed by atoms with Gasteiger partial charge in [0, 0.05) is 25.2 Å². The fourth-order valence-electron chi connectivity index (χ4n) is 2.60. The zero-order valence-electron chi connectivity index (χ0n) is 12.8. The highest BCUT2D eigenvalue weighted by Crippen LogP contribution is 2.14. The Morgan fingerprint density at radius 2 is 2.14 bits per heavy atom. The van der Waals surface area contributed by atoms with Gasteiger partial charge in [-0.15, -0.1) is 0 Å². The summed E-state index contributed by atoms with van der Waals surface area (Å²) in [7, 11) is 0. The molecule has 0 aliphatic carbocycles. The van der Waals surface area contributed by atoms with Crippen molar-refractivity contribution in [1.29, 1.82) is 0 Å². The number of benzene rings is 1. The van der Waals surface area contributed by atoms with Gasteiger partial charge in [-0.2, -0.15) is 0 Å². The maximum Gasteiger partial charge on any atom is 0.246 e. The Morgan fingerprint density at radius 1 is 1.38 bits per heavy atom. The summed E-state index contributed by atoms with van der Waals surface area (Å²) in [4.78, 5) is 14.2. The number of likely N-dealkylation sites (N-methyl/N-ethyl adjacent to an activating group) is 1. The quantitative estimate of drug-likeness (QED) is 0.817. The van der Waals surface area contributed by atoms with Gasteiger partial charge in [0.25, 0.3) is 0 Å². The molecule has 1 fully saturated rings. The van der Waals surface area contributed by atoms with Gasteiger partial charge in [-0.25, -0.2) is 0 Å². The van der Waals surface area contributed by atoms with Gasteiger partial charge in [0.15, 0.2) is 0 Å². The highest BCUT2D eigenvalue weighted by Gasteiger charge is 2.23. The van der Waals surface area contributed by atoms with E-state index < -0.39 is 0 Å². The molecule has 1 atom stereocenters. The van der Waals surface area contributed by atoms with Crippen LogP contribution in [0.1, 0.15) is 25.8 Å². The number of nitrogens with zero attached hydrogens (tertiary/aromatic N) is 1. The van der Waals surface area contributed by atoms with Crippen LogP contribution in [0.25, 0.3) is 6.08 Å². The lowest BCUT2D eigenvalue weighted by Gasteiger charge is -2.25. The van der Waals surface area contributed by atoms with Gasteiger partial charge in [0.2, 0.25) is 5.91 Å². The summed E-state index contributed by atoms with van der Waals surface area (Å²) in [6.07, 6.45) is 4.57. The second kappa shape index (κ2) is 7.84. The molecule has 1 amide bonds. The average Bonchev–Trinajstić information content (AvgIpc) is 3.02. The molecule has 1 unspecified atom stereocenters. The standard InChI is InChI=1S/C17H24N2O2/c1-3-19(15-11-12-18-13-15)17(20)10-7-14-5-8-16(9-6-14)21-4-2/h5-10,15,18H,3-4,11-13H2,1-2H3/b10-7+. The fraction of sp³-hybridized carbons (Fsp3) is 0.471. The van der Waals surface area contributed by atoms with Crippen LogP contribution in [-0.2, 0) is 4.79 Å². The summed E-state index contributed by atoms with van der Waals surface area (Å²) in [5.74, 6) is 0.938. The van der Waals surface area contributed by atoms with E-state index in [4.69, 9.17) is 4.74 Å². The third kappa shape index (κ3) is 4.33.